The smallest absolute Gasteiger partial charge is 0.220 e. The van der Waals surface area contributed by atoms with E-state index >= 15 is 0 Å². The van der Waals surface area contributed by atoms with Gasteiger partial charge in [0.15, 0.2) is 18.9 Å². The van der Waals surface area contributed by atoms with Crippen LogP contribution >= 0.6 is 0 Å². The van der Waals surface area contributed by atoms with Crippen LogP contribution in [0.3, 0.4) is 0 Å². The fourth-order valence-corrected chi connectivity index (χ4v) is 13.1. The van der Waals surface area contributed by atoms with Crippen LogP contribution in [0.25, 0.3) is 0 Å². The highest BCUT2D eigenvalue weighted by molar-refractivity contribution is 5.76. The van der Waals surface area contributed by atoms with Crippen LogP contribution in [0, 0.1) is 0 Å². The molecule has 17 atom stereocenters. The summed E-state index contributed by atoms with van der Waals surface area (Å²) in [6, 6.07) is -0.995. The molecule has 0 aliphatic carbocycles. The number of unbranched alkanes of at least 4 members (excludes halogenated alkanes) is 36. The maximum Gasteiger partial charge on any atom is 0.220 e. The summed E-state index contributed by atoms with van der Waals surface area (Å²) in [6.07, 6.45) is 51.7. The monoisotopic (exact) mass is 1410 g/mol. The number of aliphatic hydroxyl groups is 11. The van der Waals surface area contributed by atoms with E-state index in [0.29, 0.717) is 12.8 Å². The number of rotatable bonds is 62. The van der Waals surface area contributed by atoms with Crippen LogP contribution in [0.15, 0.2) is 72.9 Å². The van der Waals surface area contributed by atoms with Crippen molar-refractivity contribution in [3.63, 3.8) is 0 Å². The van der Waals surface area contributed by atoms with Crippen molar-refractivity contribution >= 4 is 5.91 Å². The summed E-state index contributed by atoms with van der Waals surface area (Å²) in [7, 11) is 0. The van der Waals surface area contributed by atoms with Gasteiger partial charge in [-0.1, -0.05) is 292 Å². The number of hydrogen-bond donors (Lipinski definition) is 12. The van der Waals surface area contributed by atoms with Gasteiger partial charge >= 0.3 is 0 Å². The number of carbonyl (C=O) groups is 1. The predicted octanol–water partition coefficient (Wildman–Crippen LogP) is 12.8. The average molecular weight is 1410 g/mol. The van der Waals surface area contributed by atoms with Crippen molar-refractivity contribution in [3.8, 4) is 0 Å². The third kappa shape index (κ3) is 40.9. The molecule has 12 N–H and O–H groups in total. The SMILES string of the molecule is CC/C=C\C/C=C\C/C=C\C/C=C\CCCCCCCCCCCCCCCCC(=O)NC(COC1OC(CO)C(OC2OC(CO)C(OC3OC(CO)C(O)C(O)C3O)C(O)C2O)C(O)C1O)C(O)/C=C/CC/C=C/CCCCCCCCCCCCCCCCCCCCCCC. The largest absolute Gasteiger partial charge is 0.394 e. The number of allylic oxidation sites excluding steroid dienone is 11. The van der Waals surface area contributed by atoms with E-state index in [-0.39, 0.29) is 18.9 Å². The number of nitrogens with one attached hydrogen (secondary N) is 1. The Hall–Kier alpha value is -2.77. The minimum atomic E-state index is -1.98. The van der Waals surface area contributed by atoms with Gasteiger partial charge in [-0.05, 0) is 70.6 Å². The molecule has 0 bridgehead atoms. The Morgan fingerprint density at radius 2 is 0.707 bits per heavy atom. The molecule has 0 aromatic heterocycles. The van der Waals surface area contributed by atoms with E-state index in [0.717, 1.165) is 70.6 Å². The Morgan fingerprint density at radius 3 is 1.13 bits per heavy atom. The molecule has 0 saturated carbocycles. The van der Waals surface area contributed by atoms with E-state index < -0.39 is 124 Å². The Kier molecular flexibility index (Phi) is 55.3. The second kappa shape index (κ2) is 60.5. The molecule has 3 aliphatic rings. The van der Waals surface area contributed by atoms with E-state index in [1.165, 1.54) is 193 Å². The topological polar surface area (TPSA) is 307 Å². The fourth-order valence-electron chi connectivity index (χ4n) is 13.1. The van der Waals surface area contributed by atoms with Crippen LogP contribution in [0.1, 0.15) is 296 Å². The van der Waals surface area contributed by atoms with Crippen LogP contribution in [0.2, 0.25) is 0 Å². The highest BCUT2D eigenvalue weighted by atomic mass is 16.8. The highest BCUT2D eigenvalue weighted by Gasteiger charge is 2.53. The summed E-state index contributed by atoms with van der Waals surface area (Å²) in [4.78, 5) is 13.5. The Bertz CT molecular complexity index is 2070. The van der Waals surface area contributed by atoms with Crippen molar-refractivity contribution in [2.45, 2.75) is 401 Å². The Labute approximate surface area is 598 Å². The zero-order chi connectivity index (χ0) is 71.8. The summed E-state index contributed by atoms with van der Waals surface area (Å²) in [5.74, 6) is -0.285. The molecule has 17 unspecified atom stereocenters. The lowest BCUT2D eigenvalue weighted by atomic mass is 9.96. The summed E-state index contributed by atoms with van der Waals surface area (Å²) in [5, 5.41) is 121. The third-order valence-electron chi connectivity index (χ3n) is 19.5. The normalized spacial score (nSPS) is 27.0. The van der Waals surface area contributed by atoms with E-state index in [2.05, 4.69) is 79.9 Å². The lowest BCUT2D eigenvalue weighted by Crippen LogP contribution is -2.66. The molecule has 3 fully saturated rings. The maximum atomic E-state index is 13.5. The van der Waals surface area contributed by atoms with Crippen molar-refractivity contribution in [3.05, 3.63) is 72.9 Å². The molecular formula is C80H143NO18. The van der Waals surface area contributed by atoms with Gasteiger partial charge in [0, 0.05) is 6.42 Å². The molecule has 576 valence electrons. The fraction of sp³-hybridized carbons (Fsp3) is 0.838. The van der Waals surface area contributed by atoms with Gasteiger partial charge in [-0.3, -0.25) is 4.79 Å². The van der Waals surface area contributed by atoms with E-state index in [1.54, 1.807) is 6.08 Å². The second-order valence-electron chi connectivity index (χ2n) is 28.1. The van der Waals surface area contributed by atoms with E-state index in [4.69, 9.17) is 28.4 Å². The van der Waals surface area contributed by atoms with Crippen molar-refractivity contribution in [1.29, 1.82) is 0 Å². The van der Waals surface area contributed by atoms with Crippen LogP contribution < -0.4 is 5.32 Å². The average Bonchev–Trinajstić information content (AvgIpc) is 0.784. The third-order valence-corrected chi connectivity index (χ3v) is 19.5. The zero-order valence-corrected chi connectivity index (χ0v) is 61.5. The molecule has 3 rings (SSSR count). The van der Waals surface area contributed by atoms with Crippen molar-refractivity contribution < 1.29 is 89.4 Å². The Morgan fingerprint density at radius 1 is 0.374 bits per heavy atom. The molecule has 99 heavy (non-hydrogen) atoms. The number of carbonyl (C=O) groups excluding carboxylic acids is 1. The first-order chi connectivity index (χ1) is 48.3. The molecule has 3 aliphatic heterocycles. The number of aliphatic hydroxyl groups excluding tert-OH is 11. The summed E-state index contributed by atoms with van der Waals surface area (Å²) < 4.78 is 34.4. The van der Waals surface area contributed by atoms with Crippen LogP contribution in [0.5, 0.6) is 0 Å². The molecular weight excluding hydrogens is 1260 g/mol. The summed E-state index contributed by atoms with van der Waals surface area (Å²) >= 11 is 0. The molecule has 0 aromatic carbocycles. The minimum Gasteiger partial charge on any atom is -0.394 e. The van der Waals surface area contributed by atoms with Gasteiger partial charge in [0.1, 0.15) is 73.2 Å². The maximum absolute atomic E-state index is 13.5. The second-order valence-corrected chi connectivity index (χ2v) is 28.1. The first-order valence-electron chi connectivity index (χ1n) is 39.7. The zero-order valence-electron chi connectivity index (χ0n) is 61.5. The standard InChI is InChI=1S/C80H143NO18/c1-3-5-7-9-11-13-15-17-19-21-23-25-27-29-31-33-35-37-39-41-43-45-47-49-51-53-55-57-64(85)63(81-68(86)58-56-54-52-50-48-46-44-42-40-38-36-34-32-30-28-26-24-22-20-18-16-14-12-10-8-6-4-2)62-94-78-74(92)71(89)76(66(60-83)96-78)99-80-75(93)72(90)77(67(61-84)97-80)98-79-73(91)70(88)69(87)65(59-82)95-79/h6,8,12,14,18,20,24,26,47,49,55,57,63-67,69-80,82-85,87-93H,3-5,7,9-11,13,15-17,19,21-23,25,27-46,48,50-54,56,58-62H2,1-2H3,(H,81,86)/b8-6-,14-12-,20-18-,26-24-,49-47+,57-55+. The lowest BCUT2D eigenvalue weighted by Gasteiger charge is -2.48. The molecule has 3 saturated heterocycles. The van der Waals surface area contributed by atoms with Gasteiger partial charge in [0.25, 0.3) is 0 Å². The number of hydrogen-bond acceptors (Lipinski definition) is 18. The van der Waals surface area contributed by atoms with Gasteiger partial charge in [0.2, 0.25) is 5.91 Å². The Balaban J connectivity index is 1.40. The predicted molar refractivity (Wildman–Crippen MR) is 392 cm³/mol. The first kappa shape index (κ1) is 90.4. The van der Waals surface area contributed by atoms with E-state index in [9.17, 15) is 61.0 Å². The summed E-state index contributed by atoms with van der Waals surface area (Å²) in [5.41, 5.74) is 0. The van der Waals surface area contributed by atoms with Gasteiger partial charge in [-0.2, -0.15) is 0 Å². The van der Waals surface area contributed by atoms with E-state index in [1.807, 2.05) is 6.08 Å². The quantitative estimate of drug-likeness (QED) is 0.0199. The van der Waals surface area contributed by atoms with Gasteiger partial charge in [0.05, 0.1) is 38.6 Å². The number of amides is 1. The summed E-state index contributed by atoms with van der Waals surface area (Å²) in [6.45, 7) is 1.64. The van der Waals surface area contributed by atoms with Crippen molar-refractivity contribution in [1.82, 2.24) is 5.32 Å². The van der Waals surface area contributed by atoms with Gasteiger partial charge in [-0.15, -0.1) is 0 Å². The van der Waals surface area contributed by atoms with Crippen LogP contribution in [0.4, 0.5) is 0 Å². The van der Waals surface area contributed by atoms with Crippen molar-refractivity contribution in [2.75, 3.05) is 26.4 Å². The molecule has 19 heteroatoms. The van der Waals surface area contributed by atoms with Gasteiger partial charge < -0.3 is 89.9 Å². The minimum absolute atomic E-state index is 0.232. The first-order valence-corrected chi connectivity index (χ1v) is 39.7. The molecule has 1 amide bonds. The lowest BCUT2D eigenvalue weighted by molar-refractivity contribution is -0.379. The van der Waals surface area contributed by atoms with Crippen molar-refractivity contribution in [2.24, 2.45) is 0 Å². The molecule has 0 aromatic rings. The van der Waals surface area contributed by atoms with Crippen LogP contribution in [-0.2, 0) is 33.2 Å². The molecule has 19 nitrogen and oxygen atoms in total. The highest BCUT2D eigenvalue weighted by Crippen LogP contribution is 2.33. The number of ether oxygens (including phenoxy) is 6. The van der Waals surface area contributed by atoms with Gasteiger partial charge in [-0.25, -0.2) is 0 Å². The molecule has 3 heterocycles. The van der Waals surface area contributed by atoms with Crippen LogP contribution in [-0.4, -0.2) is 193 Å². The molecule has 0 spiro atoms. The molecule has 0 radical (unpaired) electrons.